The first-order chi connectivity index (χ1) is 13.4. The molecule has 1 aromatic heterocycles. The Hall–Kier alpha value is -2.44. The quantitative estimate of drug-likeness (QED) is 0.272. The van der Waals surface area contributed by atoms with Crippen LogP contribution in [0.5, 0.6) is 0 Å². The van der Waals surface area contributed by atoms with E-state index >= 15 is 0 Å². The molecule has 0 bridgehead atoms. The van der Waals surface area contributed by atoms with Crippen LogP contribution in [0.15, 0.2) is 76.2 Å². The second-order valence-corrected chi connectivity index (χ2v) is 8.76. The largest absolute Gasteiger partial charge is 0.398 e. The number of benzene rings is 3. The summed E-state index contributed by atoms with van der Waals surface area (Å²) in [6.07, 6.45) is 1.76. The van der Waals surface area contributed by atoms with Crippen LogP contribution < -0.4 is 5.73 Å². The number of nitrogen functional groups attached to an aromatic ring is 1. The monoisotopic (exact) mass is 504 g/mol. The minimum Gasteiger partial charge on any atom is -0.398 e. The number of halogens is 4. The Morgan fingerprint density at radius 2 is 1.54 bits per heavy atom. The van der Waals surface area contributed by atoms with E-state index in [-0.39, 0.29) is 11.6 Å². The highest BCUT2D eigenvalue weighted by Gasteiger charge is 2.03. The normalized spacial score (nSPS) is 10.3. The number of aromatic nitrogens is 1. The molecule has 4 aromatic rings. The standard InChI is InChI=1S/C14H10FN.C8H6Br2FN/c15-12-7-6-11-8-13(16-14(11)9-12)10-4-2-1-3-5-10;9-8(10)3-5-1-2-6(11)4-7(5)12/h1-9,16H;1-4H,12H2. The molecule has 0 spiro atoms. The van der Waals surface area contributed by atoms with E-state index in [9.17, 15) is 8.78 Å². The molecule has 0 unspecified atom stereocenters. The van der Waals surface area contributed by atoms with E-state index in [4.69, 9.17) is 5.73 Å². The lowest BCUT2D eigenvalue weighted by Gasteiger charge is -1.99. The van der Waals surface area contributed by atoms with Gasteiger partial charge in [-0.05, 0) is 91.5 Å². The van der Waals surface area contributed by atoms with E-state index in [0.29, 0.717) is 5.69 Å². The van der Waals surface area contributed by atoms with Gasteiger partial charge in [0.15, 0.2) is 0 Å². The van der Waals surface area contributed by atoms with Gasteiger partial charge in [-0.2, -0.15) is 0 Å². The van der Waals surface area contributed by atoms with Crippen LogP contribution in [-0.2, 0) is 0 Å². The molecule has 0 atom stereocenters. The maximum Gasteiger partial charge on any atom is 0.125 e. The van der Waals surface area contributed by atoms with Gasteiger partial charge in [0, 0.05) is 22.3 Å². The Bertz CT molecular complexity index is 1120. The lowest BCUT2D eigenvalue weighted by atomic mass is 10.1. The van der Waals surface area contributed by atoms with Crippen molar-refractivity contribution in [3.05, 3.63) is 93.4 Å². The van der Waals surface area contributed by atoms with E-state index in [1.807, 2.05) is 36.4 Å². The molecule has 0 saturated heterocycles. The van der Waals surface area contributed by atoms with Crippen molar-refractivity contribution in [2.75, 3.05) is 5.73 Å². The summed E-state index contributed by atoms with van der Waals surface area (Å²) in [7, 11) is 0. The number of rotatable bonds is 2. The minimum absolute atomic E-state index is 0.214. The van der Waals surface area contributed by atoms with Crippen LogP contribution in [0.3, 0.4) is 0 Å². The van der Waals surface area contributed by atoms with Crippen LogP contribution in [-0.4, -0.2) is 4.98 Å². The molecule has 0 saturated carbocycles. The van der Waals surface area contributed by atoms with Gasteiger partial charge in [0.05, 0.1) is 3.39 Å². The van der Waals surface area contributed by atoms with Crippen molar-refractivity contribution < 1.29 is 8.78 Å². The third-order valence-corrected chi connectivity index (χ3v) is 4.44. The van der Waals surface area contributed by atoms with Gasteiger partial charge in [0.1, 0.15) is 11.6 Å². The molecule has 0 amide bonds. The van der Waals surface area contributed by atoms with E-state index in [1.54, 1.807) is 18.2 Å². The first kappa shape index (κ1) is 20.3. The van der Waals surface area contributed by atoms with Crippen LogP contribution in [0.25, 0.3) is 28.2 Å². The van der Waals surface area contributed by atoms with Gasteiger partial charge in [-0.1, -0.05) is 30.3 Å². The molecule has 28 heavy (non-hydrogen) atoms. The number of hydrogen-bond donors (Lipinski definition) is 2. The van der Waals surface area contributed by atoms with Crippen LogP contribution >= 0.6 is 31.9 Å². The zero-order chi connectivity index (χ0) is 20.1. The number of anilines is 1. The number of fused-ring (bicyclic) bond motifs is 1. The Morgan fingerprint density at radius 3 is 2.21 bits per heavy atom. The molecule has 2 nitrogen and oxygen atoms in total. The summed E-state index contributed by atoms with van der Waals surface area (Å²) < 4.78 is 26.4. The molecule has 3 N–H and O–H groups in total. The second kappa shape index (κ2) is 9.17. The first-order valence-corrected chi connectivity index (χ1v) is 9.92. The molecule has 0 aliphatic carbocycles. The zero-order valence-corrected chi connectivity index (χ0v) is 17.8. The molecule has 6 heteroatoms. The number of aromatic amines is 1. The lowest BCUT2D eigenvalue weighted by Crippen LogP contribution is -1.89. The summed E-state index contributed by atoms with van der Waals surface area (Å²) in [5.74, 6) is -0.538. The average molecular weight is 506 g/mol. The molecule has 4 rings (SSSR count). The van der Waals surface area contributed by atoms with Crippen molar-refractivity contribution in [2.24, 2.45) is 0 Å². The zero-order valence-electron chi connectivity index (χ0n) is 14.6. The third-order valence-electron chi connectivity index (χ3n) is 3.98. The fraction of sp³-hybridized carbons (Fsp3) is 0. The number of hydrogen-bond acceptors (Lipinski definition) is 1. The summed E-state index contributed by atoms with van der Waals surface area (Å²) in [5.41, 5.74) is 9.70. The number of H-pyrrole nitrogens is 1. The van der Waals surface area contributed by atoms with Crippen LogP contribution in [0.1, 0.15) is 5.56 Å². The maximum absolute atomic E-state index is 13.0. The predicted molar refractivity (Wildman–Crippen MR) is 120 cm³/mol. The van der Waals surface area contributed by atoms with E-state index in [1.165, 1.54) is 24.3 Å². The van der Waals surface area contributed by atoms with Gasteiger partial charge in [0.2, 0.25) is 0 Å². The average Bonchev–Trinajstić information content (AvgIpc) is 3.08. The van der Waals surface area contributed by atoms with Gasteiger partial charge < -0.3 is 10.7 Å². The van der Waals surface area contributed by atoms with Crippen molar-refractivity contribution in [1.82, 2.24) is 4.98 Å². The SMILES string of the molecule is Fc1ccc2cc(-c3ccccc3)[nH]c2c1.Nc1cc(F)ccc1C=C(Br)Br. The highest BCUT2D eigenvalue weighted by molar-refractivity contribution is 9.28. The maximum atomic E-state index is 13.0. The number of nitrogens with two attached hydrogens (primary N) is 1. The Balaban J connectivity index is 0.000000169. The van der Waals surface area contributed by atoms with E-state index < -0.39 is 0 Å². The third kappa shape index (κ3) is 5.30. The summed E-state index contributed by atoms with van der Waals surface area (Å²) in [6, 6.07) is 21.1. The van der Waals surface area contributed by atoms with E-state index in [2.05, 4.69) is 36.8 Å². The molecule has 0 aliphatic heterocycles. The molecule has 0 radical (unpaired) electrons. The predicted octanol–water partition coefficient (Wildman–Crippen LogP) is 7.47. The van der Waals surface area contributed by atoms with Crippen molar-refractivity contribution in [2.45, 2.75) is 0 Å². The second-order valence-electron chi connectivity index (χ2n) is 5.99. The Kier molecular flexibility index (Phi) is 6.65. The van der Waals surface area contributed by atoms with Crippen molar-refractivity contribution in [3.8, 4) is 11.3 Å². The van der Waals surface area contributed by atoms with Gasteiger partial charge >= 0.3 is 0 Å². The smallest absolute Gasteiger partial charge is 0.125 e. The molecule has 1 heterocycles. The summed E-state index contributed by atoms with van der Waals surface area (Å²) in [6.45, 7) is 0. The molecule has 142 valence electrons. The topological polar surface area (TPSA) is 41.8 Å². The van der Waals surface area contributed by atoms with Crippen LogP contribution in [0, 0.1) is 11.6 Å². The fourth-order valence-electron chi connectivity index (χ4n) is 2.67. The summed E-state index contributed by atoms with van der Waals surface area (Å²) >= 11 is 6.38. The molecule has 0 aliphatic rings. The fourth-order valence-corrected chi connectivity index (χ4v) is 3.16. The van der Waals surface area contributed by atoms with Crippen LogP contribution in [0.2, 0.25) is 0 Å². The molecule has 0 fully saturated rings. The van der Waals surface area contributed by atoms with Crippen LogP contribution in [0.4, 0.5) is 14.5 Å². The first-order valence-electron chi connectivity index (χ1n) is 8.34. The van der Waals surface area contributed by atoms with Crippen molar-refractivity contribution in [3.63, 3.8) is 0 Å². The van der Waals surface area contributed by atoms with Gasteiger partial charge in [-0.15, -0.1) is 0 Å². The molecular formula is C22H16Br2F2N2. The van der Waals surface area contributed by atoms with Crippen molar-refractivity contribution in [1.29, 1.82) is 0 Å². The van der Waals surface area contributed by atoms with Gasteiger partial charge in [-0.3, -0.25) is 0 Å². The molecule has 3 aromatic carbocycles. The molecular weight excluding hydrogens is 490 g/mol. The highest BCUT2D eigenvalue weighted by atomic mass is 79.9. The number of nitrogens with one attached hydrogen (secondary N) is 1. The lowest BCUT2D eigenvalue weighted by molar-refractivity contribution is 0.628. The van der Waals surface area contributed by atoms with E-state index in [0.717, 1.165) is 31.1 Å². The van der Waals surface area contributed by atoms with Gasteiger partial charge in [-0.25, -0.2) is 8.78 Å². The minimum atomic E-state index is -0.324. The Morgan fingerprint density at radius 1 is 0.857 bits per heavy atom. The highest BCUT2D eigenvalue weighted by Crippen LogP contribution is 2.24. The Labute approximate surface area is 178 Å². The summed E-state index contributed by atoms with van der Waals surface area (Å²) in [4.78, 5) is 3.21. The van der Waals surface area contributed by atoms with Crippen molar-refractivity contribution >= 4 is 54.5 Å². The van der Waals surface area contributed by atoms with Gasteiger partial charge in [0.25, 0.3) is 0 Å². The summed E-state index contributed by atoms with van der Waals surface area (Å²) in [5, 5.41) is 1.03.